The lowest BCUT2D eigenvalue weighted by atomic mass is 9.84. The lowest BCUT2D eigenvalue weighted by molar-refractivity contribution is -0.118. The molecule has 1 aliphatic rings. The van der Waals surface area contributed by atoms with Crippen LogP contribution >= 0.6 is 0 Å². The number of aryl methyl sites for hydroxylation is 1. The van der Waals surface area contributed by atoms with Crippen LogP contribution in [0.1, 0.15) is 42.7 Å². The second-order valence-corrected chi connectivity index (χ2v) is 7.53. The molecule has 1 aromatic heterocycles. The normalized spacial score (nSPS) is 15.6. The molecule has 1 N–H and O–H groups in total. The Morgan fingerprint density at radius 3 is 2.41 bits per heavy atom. The molecule has 27 heavy (non-hydrogen) atoms. The molecule has 3 nitrogen and oxygen atoms in total. The van der Waals surface area contributed by atoms with Crippen LogP contribution in [-0.2, 0) is 4.79 Å². The van der Waals surface area contributed by atoms with Crippen LogP contribution in [0, 0.1) is 12.8 Å². The third-order valence-corrected chi connectivity index (χ3v) is 5.60. The number of hydrogen-bond donors (Lipinski definition) is 1. The average molecular weight is 358 g/mol. The predicted molar refractivity (Wildman–Crippen MR) is 110 cm³/mol. The molecule has 4 rings (SSSR count). The highest BCUT2D eigenvalue weighted by Gasteiger charge is 2.32. The van der Waals surface area contributed by atoms with E-state index >= 15 is 0 Å². The monoisotopic (exact) mass is 358 g/mol. The molecule has 1 saturated carbocycles. The number of carbonyl (C=O) groups is 1. The maximum absolute atomic E-state index is 13.4. The first-order chi connectivity index (χ1) is 13.2. The molecule has 3 heteroatoms. The first-order valence-corrected chi connectivity index (χ1v) is 9.82. The van der Waals surface area contributed by atoms with Crippen LogP contribution in [0.3, 0.4) is 0 Å². The lowest BCUT2D eigenvalue weighted by Gasteiger charge is -2.24. The number of aromatic nitrogens is 1. The van der Waals surface area contributed by atoms with Crippen LogP contribution in [0.2, 0.25) is 0 Å². The van der Waals surface area contributed by atoms with E-state index in [9.17, 15) is 4.79 Å². The zero-order chi connectivity index (χ0) is 18.6. The van der Waals surface area contributed by atoms with Crippen LogP contribution in [0.4, 0.5) is 5.69 Å². The van der Waals surface area contributed by atoms with Crippen molar-refractivity contribution in [2.45, 2.75) is 38.5 Å². The van der Waals surface area contributed by atoms with E-state index in [1.54, 1.807) is 0 Å². The van der Waals surface area contributed by atoms with Gasteiger partial charge in [0.05, 0.1) is 17.3 Å². The fourth-order valence-electron chi connectivity index (χ4n) is 4.27. The van der Waals surface area contributed by atoms with Crippen LogP contribution in [0.15, 0.2) is 73.1 Å². The van der Waals surface area contributed by atoms with Gasteiger partial charge in [-0.3, -0.25) is 4.79 Å². The first kappa shape index (κ1) is 17.6. The fourth-order valence-corrected chi connectivity index (χ4v) is 4.27. The molecule has 1 amide bonds. The molecule has 1 aliphatic carbocycles. The van der Waals surface area contributed by atoms with Gasteiger partial charge >= 0.3 is 0 Å². The van der Waals surface area contributed by atoms with E-state index in [2.05, 4.69) is 42.6 Å². The van der Waals surface area contributed by atoms with Crippen molar-refractivity contribution in [2.24, 2.45) is 5.92 Å². The molecule has 0 radical (unpaired) electrons. The Labute approximate surface area is 161 Å². The summed E-state index contributed by atoms with van der Waals surface area (Å²) in [5.41, 5.74) is 4.13. The van der Waals surface area contributed by atoms with E-state index < -0.39 is 0 Å². The van der Waals surface area contributed by atoms with Crippen molar-refractivity contribution < 1.29 is 4.79 Å². The molecular formula is C24H26N2O. The Morgan fingerprint density at radius 1 is 1.00 bits per heavy atom. The summed E-state index contributed by atoms with van der Waals surface area (Å²) in [6.07, 6.45) is 8.72. The van der Waals surface area contributed by atoms with Gasteiger partial charge in [0.25, 0.3) is 0 Å². The summed E-state index contributed by atoms with van der Waals surface area (Å²) in [5.74, 6) is 0.436. The van der Waals surface area contributed by atoms with E-state index in [0.29, 0.717) is 5.92 Å². The summed E-state index contributed by atoms with van der Waals surface area (Å²) in [6, 6.07) is 20.5. The molecule has 138 valence electrons. The van der Waals surface area contributed by atoms with Crippen molar-refractivity contribution in [3.05, 3.63) is 84.2 Å². The number of anilines is 1. The van der Waals surface area contributed by atoms with E-state index in [-0.39, 0.29) is 11.8 Å². The number of benzene rings is 2. The fraction of sp³-hybridized carbons (Fsp3) is 0.292. The molecule has 0 spiro atoms. The van der Waals surface area contributed by atoms with Gasteiger partial charge in [0.15, 0.2) is 0 Å². The van der Waals surface area contributed by atoms with Crippen LogP contribution in [-0.4, -0.2) is 10.5 Å². The van der Waals surface area contributed by atoms with Crippen molar-refractivity contribution in [2.75, 3.05) is 5.32 Å². The van der Waals surface area contributed by atoms with Crippen molar-refractivity contribution in [3.63, 3.8) is 0 Å². The van der Waals surface area contributed by atoms with Gasteiger partial charge in [-0.05, 0) is 61.1 Å². The highest BCUT2D eigenvalue weighted by molar-refractivity contribution is 5.97. The molecule has 0 aliphatic heterocycles. The maximum Gasteiger partial charge on any atom is 0.232 e. The quantitative estimate of drug-likeness (QED) is 0.624. The van der Waals surface area contributed by atoms with Gasteiger partial charge in [0.1, 0.15) is 0 Å². The molecule has 1 atom stereocenters. The van der Waals surface area contributed by atoms with Gasteiger partial charge in [0, 0.05) is 12.4 Å². The number of nitrogens with one attached hydrogen (secondary N) is 1. The zero-order valence-electron chi connectivity index (χ0n) is 15.8. The summed E-state index contributed by atoms with van der Waals surface area (Å²) in [4.78, 5) is 13.4. The average Bonchev–Trinajstić information content (AvgIpc) is 3.37. The zero-order valence-corrected chi connectivity index (χ0v) is 15.8. The van der Waals surface area contributed by atoms with Crippen molar-refractivity contribution in [1.82, 2.24) is 4.57 Å². The molecule has 0 bridgehead atoms. The van der Waals surface area contributed by atoms with Gasteiger partial charge in [-0.25, -0.2) is 0 Å². The second kappa shape index (κ2) is 7.83. The minimum Gasteiger partial charge on any atom is -0.324 e. The van der Waals surface area contributed by atoms with E-state index in [0.717, 1.165) is 35.3 Å². The van der Waals surface area contributed by atoms with Crippen molar-refractivity contribution >= 4 is 11.6 Å². The lowest BCUT2D eigenvalue weighted by Crippen LogP contribution is -2.27. The van der Waals surface area contributed by atoms with Crippen LogP contribution in [0.5, 0.6) is 0 Å². The van der Waals surface area contributed by atoms with Gasteiger partial charge < -0.3 is 9.88 Å². The third kappa shape index (κ3) is 3.82. The van der Waals surface area contributed by atoms with Gasteiger partial charge in [-0.1, -0.05) is 49.2 Å². The minimum atomic E-state index is -0.0910. The third-order valence-electron chi connectivity index (χ3n) is 5.60. The highest BCUT2D eigenvalue weighted by Crippen LogP contribution is 2.38. The molecule has 1 unspecified atom stereocenters. The van der Waals surface area contributed by atoms with Gasteiger partial charge in [-0.15, -0.1) is 0 Å². The maximum atomic E-state index is 13.4. The van der Waals surface area contributed by atoms with E-state index in [4.69, 9.17) is 0 Å². The first-order valence-electron chi connectivity index (χ1n) is 9.82. The van der Waals surface area contributed by atoms with Gasteiger partial charge in [0.2, 0.25) is 5.91 Å². The summed E-state index contributed by atoms with van der Waals surface area (Å²) in [7, 11) is 0. The summed E-state index contributed by atoms with van der Waals surface area (Å²) in [6.45, 7) is 2.06. The predicted octanol–water partition coefficient (Wildman–Crippen LogP) is 5.70. The number of nitrogens with zero attached hydrogens (tertiary/aromatic N) is 1. The van der Waals surface area contributed by atoms with E-state index in [1.807, 2.05) is 47.3 Å². The summed E-state index contributed by atoms with van der Waals surface area (Å²) >= 11 is 0. The molecule has 3 aromatic rings. The van der Waals surface area contributed by atoms with Crippen molar-refractivity contribution in [1.29, 1.82) is 0 Å². The largest absolute Gasteiger partial charge is 0.324 e. The second-order valence-electron chi connectivity index (χ2n) is 7.53. The molecule has 1 heterocycles. The SMILES string of the molecule is Cc1ccc(-n2cccc2)c(NC(=O)C(c2ccccc2)C2CCCC2)c1. The van der Waals surface area contributed by atoms with Crippen molar-refractivity contribution in [3.8, 4) is 5.69 Å². The Balaban J connectivity index is 1.66. The number of carbonyl (C=O) groups excluding carboxylic acids is 1. The molecule has 1 fully saturated rings. The van der Waals surface area contributed by atoms with E-state index in [1.165, 1.54) is 12.8 Å². The Kier molecular flexibility index (Phi) is 5.10. The standard InChI is InChI=1S/C24H26N2O/c1-18-13-14-22(26-15-7-8-16-26)21(17-18)25-24(27)23(20-11-5-6-12-20)19-9-3-2-4-10-19/h2-4,7-10,13-17,20,23H,5-6,11-12H2,1H3,(H,25,27). The number of amides is 1. The highest BCUT2D eigenvalue weighted by atomic mass is 16.1. The topological polar surface area (TPSA) is 34.0 Å². The summed E-state index contributed by atoms with van der Waals surface area (Å²) in [5, 5.41) is 3.26. The smallest absolute Gasteiger partial charge is 0.232 e. The molecule has 0 saturated heterocycles. The summed E-state index contributed by atoms with van der Waals surface area (Å²) < 4.78 is 2.04. The number of rotatable bonds is 5. The van der Waals surface area contributed by atoms with Crippen LogP contribution in [0.25, 0.3) is 5.69 Å². The molecule has 2 aromatic carbocycles. The minimum absolute atomic E-state index is 0.0910. The Hall–Kier alpha value is -2.81. The van der Waals surface area contributed by atoms with Gasteiger partial charge in [-0.2, -0.15) is 0 Å². The number of hydrogen-bond acceptors (Lipinski definition) is 1. The Morgan fingerprint density at radius 2 is 1.70 bits per heavy atom. The van der Waals surface area contributed by atoms with Crippen LogP contribution < -0.4 is 5.32 Å². The molecular weight excluding hydrogens is 332 g/mol. The Bertz CT molecular complexity index is 893.